The molecule has 0 spiro atoms. The Hall–Kier alpha value is -1.30. The molecule has 0 unspecified atom stereocenters. The highest BCUT2D eigenvalue weighted by Gasteiger charge is 2.20. The van der Waals surface area contributed by atoms with Gasteiger partial charge in [-0.15, -0.1) is 0 Å². The van der Waals surface area contributed by atoms with Gasteiger partial charge in [-0.05, 0) is 40.2 Å². The summed E-state index contributed by atoms with van der Waals surface area (Å²) >= 11 is 0. The molecule has 0 aliphatic carbocycles. The van der Waals surface area contributed by atoms with Crippen molar-refractivity contribution in [2.75, 3.05) is 26.2 Å². The first-order valence-electron chi connectivity index (χ1n) is 6.84. The normalized spacial score (nSPS) is 19.6. The lowest BCUT2D eigenvalue weighted by atomic mass is 9.99. The Kier molecular flexibility index (Phi) is 6.08. The van der Waals surface area contributed by atoms with E-state index in [9.17, 15) is 9.59 Å². The van der Waals surface area contributed by atoms with E-state index in [1.165, 1.54) is 0 Å². The van der Waals surface area contributed by atoms with Gasteiger partial charge in [0.2, 0.25) is 5.91 Å². The number of hydrogen-bond donors (Lipinski definition) is 3. The highest BCUT2D eigenvalue weighted by Crippen LogP contribution is 2.09. The molecule has 1 heterocycles. The summed E-state index contributed by atoms with van der Waals surface area (Å²) < 4.78 is 5.09. The van der Waals surface area contributed by atoms with Crippen molar-refractivity contribution in [2.45, 2.75) is 39.2 Å². The van der Waals surface area contributed by atoms with E-state index < -0.39 is 11.7 Å². The van der Waals surface area contributed by atoms with Crippen LogP contribution in [0.2, 0.25) is 0 Å². The minimum atomic E-state index is -0.499. The van der Waals surface area contributed by atoms with Crippen LogP contribution in [0.25, 0.3) is 0 Å². The van der Waals surface area contributed by atoms with Crippen molar-refractivity contribution in [3.63, 3.8) is 0 Å². The average Bonchev–Trinajstić information content (AvgIpc) is 2.33. The molecule has 3 N–H and O–H groups in total. The molecule has 1 atom stereocenters. The third-order valence-electron chi connectivity index (χ3n) is 2.76. The Morgan fingerprint density at radius 1 is 1.26 bits per heavy atom. The molecule has 1 saturated heterocycles. The summed E-state index contributed by atoms with van der Waals surface area (Å²) in [6.45, 7) is 7.96. The molecule has 1 fully saturated rings. The maximum absolute atomic E-state index is 11.8. The zero-order valence-corrected chi connectivity index (χ0v) is 12.0. The van der Waals surface area contributed by atoms with E-state index in [0.717, 1.165) is 25.9 Å². The highest BCUT2D eigenvalue weighted by molar-refractivity contribution is 5.79. The van der Waals surface area contributed by atoms with E-state index in [4.69, 9.17) is 4.74 Å². The summed E-state index contributed by atoms with van der Waals surface area (Å²) in [6.07, 6.45) is 1.51. The number of amides is 2. The first kappa shape index (κ1) is 15.8. The summed E-state index contributed by atoms with van der Waals surface area (Å²) in [6, 6.07) is 0. The molecule has 6 nitrogen and oxygen atoms in total. The smallest absolute Gasteiger partial charge is 0.407 e. The van der Waals surface area contributed by atoms with Gasteiger partial charge in [0.25, 0.3) is 0 Å². The van der Waals surface area contributed by atoms with Crippen LogP contribution in [0.3, 0.4) is 0 Å². The molecule has 110 valence electrons. The number of rotatable bonds is 4. The molecule has 1 aliphatic heterocycles. The first-order chi connectivity index (χ1) is 8.88. The van der Waals surface area contributed by atoms with Crippen LogP contribution in [-0.4, -0.2) is 43.8 Å². The second-order valence-electron chi connectivity index (χ2n) is 5.76. The summed E-state index contributed by atoms with van der Waals surface area (Å²) in [5.74, 6) is 0.105. The van der Waals surface area contributed by atoms with E-state index >= 15 is 0 Å². The van der Waals surface area contributed by atoms with Gasteiger partial charge in [-0.25, -0.2) is 4.79 Å². The highest BCUT2D eigenvalue weighted by atomic mass is 16.6. The van der Waals surface area contributed by atoms with Gasteiger partial charge in [0.15, 0.2) is 0 Å². The molecule has 1 aliphatic rings. The number of hydrogen-bond acceptors (Lipinski definition) is 4. The van der Waals surface area contributed by atoms with Gasteiger partial charge in [0.05, 0.1) is 5.92 Å². The Morgan fingerprint density at radius 2 is 1.95 bits per heavy atom. The molecule has 0 aromatic rings. The van der Waals surface area contributed by atoms with Gasteiger partial charge in [0, 0.05) is 19.6 Å². The number of ether oxygens (including phenoxy) is 1. The van der Waals surface area contributed by atoms with Crippen LogP contribution in [0.4, 0.5) is 4.79 Å². The van der Waals surface area contributed by atoms with Crippen LogP contribution in [-0.2, 0) is 9.53 Å². The van der Waals surface area contributed by atoms with E-state index in [2.05, 4.69) is 16.0 Å². The first-order valence-corrected chi connectivity index (χ1v) is 6.84. The third kappa shape index (κ3) is 7.00. The van der Waals surface area contributed by atoms with Gasteiger partial charge < -0.3 is 20.7 Å². The minimum Gasteiger partial charge on any atom is -0.444 e. The molecule has 0 bridgehead atoms. The molecule has 1 rings (SSSR count). The van der Waals surface area contributed by atoms with E-state index in [1.807, 2.05) is 20.8 Å². The van der Waals surface area contributed by atoms with Crippen molar-refractivity contribution >= 4 is 12.0 Å². The van der Waals surface area contributed by atoms with E-state index in [-0.39, 0.29) is 11.8 Å². The Morgan fingerprint density at radius 3 is 2.53 bits per heavy atom. The molecule has 0 radical (unpaired) electrons. The monoisotopic (exact) mass is 271 g/mol. The van der Waals surface area contributed by atoms with Crippen molar-refractivity contribution in [1.29, 1.82) is 0 Å². The second kappa shape index (κ2) is 7.33. The number of piperidine rings is 1. The van der Waals surface area contributed by atoms with Gasteiger partial charge in [-0.3, -0.25) is 4.79 Å². The largest absolute Gasteiger partial charge is 0.444 e. The lowest BCUT2D eigenvalue weighted by Crippen LogP contribution is -2.43. The van der Waals surface area contributed by atoms with Crippen LogP contribution in [0, 0.1) is 5.92 Å². The predicted octanol–water partition coefficient (Wildman–Crippen LogP) is 0.627. The summed E-state index contributed by atoms with van der Waals surface area (Å²) in [7, 11) is 0. The molecule has 0 aromatic carbocycles. The summed E-state index contributed by atoms with van der Waals surface area (Å²) in [5, 5.41) is 8.63. The zero-order chi connectivity index (χ0) is 14.3. The molecular formula is C13H25N3O3. The topological polar surface area (TPSA) is 79.5 Å². The van der Waals surface area contributed by atoms with Crippen LogP contribution in [0.5, 0.6) is 0 Å². The van der Waals surface area contributed by atoms with Crippen molar-refractivity contribution in [2.24, 2.45) is 5.92 Å². The fourth-order valence-corrected chi connectivity index (χ4v) is 1.88. The standard InChI is InChI=1S/C13H25N3O3/c1-13(2,3)19-12(18)16-8-7-15-11(17)10-5-4-6-14-9-10/h10,14H,4-9H2,1-3H3,(H,15,17)(H,16,18)/t10-/m0/s1. The molecule has 6 heteroatoms. The minimum absolute atomic E-state index is 0.0512. The number of alkyl carbamates (subject to hydrolysis) is 1. The van der Waals surface area contributed by atoms with Crippen LogP contribution in [0.15, 0.2) is 0 Å². The second-order valence-corrected chi connectivity index (χ2v) is 5.76. The number of carbonyl (C=O) groups is 2. The Bertz CT molecular complexity index is 307. The van der Waals surface area contributed by atoms with Crippen LogP contribution in [0.1, 0.15) is 33.6 Å². The quantitative estimate of drug-likeness (QED) is 0.655. The van der Waals surface area contributed by atoms with Gasteiger partial charge in [-0.1, -0.05) is 0 Å². The lowest BCUT2D eigenvalue weighted by Gasteiger charge is -2.22. The molecular weight excluding hydrogens is 246 g/mol. The van der Waals surface area contributed by atoms with Crippen LogP contribution >= 0.6 is 0 Å². The van der Waals surface area contributed by atoms with Crippen LogP contribution < -0.4 is 16.0 Å². The van der Waals surface area contributed by atoms with Gasteiger partial charge in [-0.2, -0.15) is 0 Å². The zero-order valence-electron chi connectivity index (χ0n) is 12.0. The number of nitrogens with one attached hydrogen (secondary N) is 3. The fourth-order valence-electron chi connectivity index (χ4n) is 1.88. The number of carbonyl (C=O) groups excluding carboxylic acids is 2. The van der Waals surface area contributed by atoms with Crippen molar-refractivity contribution in [3.05, 3.63) is 0 Å². The van der Waals surface area contributed by atoms with E-state index in [1.54, 1.807) is 0 Å². The Labute approximate surface area is 114 Å². The van der Waals surface area contributed by atoms with Gasteiger partial charge in [0.1, 0.15) is 5.60 Å². The molecule has 0 aromatic heterocycles. The SMILES string of the molecule is CC(C)(C)OC(=O)NCCNC(=O)[C@H]1CCCNC1. The molecule has 0 saturated carbocycles. The molecule has 19 heavy (non-hydrogen) atoms. The lowest BCUT2D eigenvalue weighted by molar-refractivity contribution is -0.125. The summed E-state index contributed by atoms with van der Waals surface area (Å²) in [5.41, 5.74) is -0.499. The third-order valence-corrected chi connectivity index (χ3v) is 2.76. The predicted molar refractivity (Wildman–Crippen MR) is 72.8 cm³/mol. The van der Waals surface area contributed by atoms with Gasteiger partial charge >= 0.3 is 6.09 Å². The Balaban J connectivity index is 2.10. The van der Waals surface area contributed by atoms with Crippen molar-refractivity contribution in [1.82, 2.24) is 16.0 Å². The maximum atomic E-state index is 11.8. The van der Waals surface area contributed by atoms with Crippen molar-refractivity contribution in [3.8, 4) is 0 Å². The van der Waals surface area contributed by atoms with E-state index in [0.29, 0.717) is 13.1 Å². The fraction of sp³-hybridized carbons (Fsp3) is 0.846. The maximum Gasteiger partial charge on any atom is 0.407 e. The van der Waals surface area contributed by atoms with Crippen molar-refractivity contribution < 1.29 is 14.3 Å². The summed E-state index contributed by atoms with van der Waals surface area (Å²) in [4.78, 5) is 23.1. The average molecular weight is 271 g/mol. The molecule has 2 amide bonds.